The largest absolute Gasteiger partial charge is 0.351 e. The van der Waals surface area contributed by atoms with Crippen molar-refractivity contribution in [1.82, 2.24) is 9.97 Å². The Morgan fingerprint density at radius 2 is 1.83 bits per heavy atom. The average Bonchev–Trinajstić information content (AvgIpc) is 2.57. The van der Waals surface area contributed by atoms with Crippen LogP contribution in [0.15, 0.2) is 36.4 Å². The van der Waals surface area contributed by atoms with Crippen LogP contribution < -0.4 is 10.2 Å². The number of anilines is 3. The fourth-order valence-electron chi connectivity index (χ4n) is 3.27. The van der Waals surface area contributed by atoms with Crippen molar-refractivity contribution in [3.05, 3.63) is 42.1 Å². The van der Waals surface area contributed by atoms with Gasteiger partial charge in [0.25, 0.3) is 0 Å². The third kappa shape index (κ3) is 4.01. The number of nitrogens with zero attached hydrogens (tertiary/aromatic N) is 3. The van der Waals surface area contributed by atoms with Crippen molar-refractivity contribution in [2.75, 3.05) is 16.8 Å². The van der Waals surface area contributed by atoms with Gasteiger partial charge in [0.1, 0.15) is 5.82 Å². The highest BCUT2D eigenvalue weighted by atomic mass is 15.2. The highest BCUT2D eigenvalue weighted by Gasteiger charge is 2.16. The molecule has 4 heteroatoms. The van der Waals surface area contributed by atoms with Crippen LogP contribution >= 0.6 is 0 Å². The van der Waals surface area contributed by atoms with E-state index >= 15 is 0 Å². The van der Waals surface area contributed by atoms with E-state index in [0.29, 0.717) is 6.04 Å². The number of hydrogen-bond donors (Lipinski definition) is 1. The molecule has 1 aromatic heterocycles. The summed E-state index contributed by atoms with van der Waals surface area (Å²) in [5.41, 5.74) is 2.17. The Hall–Kier alpha value is -2.10. The fourth-order valence-corrected chi connectivity index (χ4v) is 3.27. The van der Waals surface area contributed by atoms with Crippen LogP contribution in [0.25, 0.3) is 0 Å². The van der Waals surface area contributed by atoms with Crippen LogP contribution in [0.4, 0.5) is 17.5 Å². The van der Waals surface area contributed by atoms with E-state index in [0.717, 1.165) is 29.7 Å². The Labute approximate surface area is 139 Å². The van der Waals surface area contributed by atoms with Gasteiger partial charge in [0.15, 0.2) is 0 Å². The number of rotatable bonds is 5. The number of benzene rings is 1. The lowest BCUT2D eigenvalue weighted by molar-refractivity contribution is 0.461. The van der Waals surface area contributed by atoms with Crippen LogP contribution in [0, 0.1) is 6.92 Å². The van der Waals surface area contributed by atoms with Crippen LogP contribution in [-0.4, -0.2) is 22.6 Å². The summed E-state index contributed by atoms with van der Waals surface area (Å²) in [5, 5.41) is 3.54. The molecule has 0 atom stereocenters. The van der Waals surface area contributed by atoms with Crippen LogP contribution in [0.3, 0.4) is 0 Å². The Morgan fingerprint density at radius 1 is 1.09 bits per heavy atom. The van der Waals surface area contributed by atoms with E-state index in [4.69, 9.17) is 4.98 Å². The van der Waals surface area contributed by atoms with E-state index in [9.17, 15) is 0 Å². The summed E-state index contributed by atoms with van der Waals surface area (Å²) < 4.78 is 0. The second-order valence-corrected chi connectivity index (χ2v) is 6.25. The number of nitrogens with one attached hydrogen (secondary N) is 1. The van der Waals surface area contributed by atoms with Crippen molar-refractivity contribution in [2.24, 2.45) is 0 Å². The van der Waals surface area contributed by atoms with Gasteiger partial charge in [0, 0.05) is 30.0 Å². The molecule has 1 N–H and O–H groups in total. The van der Waals surface area contributed by atoms with Crippen molar-refractivity contribution in [3.63, 3.8) is 0 Å². The van der Waals surface area contributed by atoms with Gasteiger partial charge >= 0.3 is 0 Å². The predicted octanol–water partition coefficient (Wildman–Crippen LogP) is 4.69. The predicted molar refractivity (Wildman–Crippen MR) is 96.4 cm³/mol. The topological polar surface area (TPSA) is 41.1 Å². The van der Waals surface area contributed by atoms with Gasteiger partial charge in [-0.05, 0) is 38.8 Å². The standard InChI is InChI=1S/C19H26N4/c1-3-23(17-12-8-5-9-13-17)18-14-15(2)20-19(22-18)21-16-10-6-4-7-11-16/h5,8-9,12-14,16H,3-4,6-7,10-11H2,1-2H3,(H,20,21,22). The number of para-hydroxylation sites is 1. The summed E-state index contributed by atoms with van der Waals surface area (Å²) in [7, 11) is 0. The van der Waals surface area contributed by atoms with Gasteiger partial charge in [-0.2, -0.15) is 4.98 Å². The molecule has 4 nitrogen and oxygen atoms in total. The summed E-state index contributed by atoms with van der Waals surface area (Å²) in [6.45, 7) is 5.07. The van der Waals surface area contributed by atoms with Gasteiger partial charge in [-0.1, -0.05) is 37.5 Å². The van der Waals surface area contributed by atoms with E-state index in [-0.39, 0.29) is 0 Å². The van der Waals surface area contributed by atoms with Crippen molar-refractivity contribution in [2.45, 2.75) is 52.0 Å². The van der Waals surface area contributed by atoms with Gasteiger partial charge in [0.2, 0.25) is 5.95 Å². The van der Waals surface area contributed by atoms with Crippen molar-refractivity contribution in [1.29, 1.82) is 0 Å². The molecule has 0 amide bonds. The molecule has 0 radical (unpaired) electrons. The first-order valence-electron chi connectivity index (χ1n) is 8.71. The zero-order chi connectivity index (χ0) is 16.1. The van der Waals surface area contributed by atoms with E-state index in [1.807, 2.05) is 13.0 Å². The molecule has 1 aromatic carbocycles. The lowest BCUT2D eigenvalue weighted by atomic mass is 9.96. The molecule has 3 rings (SSSR count). The fraction of sp³-hybridized carbons (Fsp3) is 0.474. The number of aromatic nitrogens is 2. The molecule has 1 saturated carbocycles. The SMILES string of the molecule is CCN(c1ccccc1)c1cc(C)nc(NC2CCCCC2)n1. The average molecular weight is 310 g/mol. The number of aryl methyl sites for hydroxylation is 1. The molecular weight excluding hydrogens is 284 g/mol. The van der Waals surface area contributed by atoms with Gasteiger partial charge < -0.3 is 10.2 Å². The summed E-state index contributed by atoms with van der Waals surface area (Å²) >= 11 is 0. The van der Waals surface area contributed by atoms with Gasteiger partial charge in [-0.15, -0.1) is 0 Å². The molecular formula is C19H26N4. The highest BCUT2D eigenvalue weighted by Crippen LogP contribution is 2.26. The Kier molecular flexibility index (Phi) is 5.11. The molecule has 0 bridgehead atoms. The molecule has 0 spiro atoms. The molecule has 1 fully saturated rings. The molecule has 1 aliphatic rings. The summed E-state index contributed by atoms with van der Waals surface area (Å²) in [6, 6.07) is 13.0. The number of hydrogen-bond acceptors (Lipinski definition) is 4. The first-order chi connectivity index (χ1) is 11.3. The van der Waals surface area contributed by atoms with Crippen LogP contribution in [0.5, 0.6) is 0 Å². The van der Waals surface area contributed by atoms with Gasteiger partial charge in [0.05, 0.1) is 0 Å². The highest BCUT2D eigenvalue weighted by molar-refractivity contribution is 5.61. The minimum absolute atomic E-state index is 0.519. The van der Waals surface area contributed by atoms with Crippen molar-refractivity contribution < 1.29 is 0 Å². The third-order valence-electron chi connectivity index (χ3n) is 4.44. The van der Waals surface area contributed by atoms with E-state index in [1.165, 1.54) is 32.1 Å². The smallest absolute Gasteiger partial charge is 0.225 e. The van der Waals surface area contributed by atoms with Crippen LogP contribution in [0.1, 0.15) is 44.7 Å². The second-order valence-electron chi connectivity index (χ2n) is 6.25. The molecule has 2 aromatic rings. The van der Waals surface area contributed by atoms with Crippen LogP contribution in [-0.2, 0) is 0 Å². The van der Waals surface area contributed by atoms with Crippen LogP contribution in [0.2, 0.25) is 0 Å². The second kappa shape index (κ2) is 7.44. The van der Waals surface area contributed by atoms with E-state index in [1.54, 1.807) is 0 Å². The van der Waals surface area contributed by atoms with E-state index < -0.39 is 0 Å². The molecule has 23 heavy (non-hydrogen) atoms. The lowest BCUT2D eigenvalue weighted by Gasteiger charge is -2.25. The molecule has 0 saturated heterocycles. The van der Waals surface area contributed by atoms with Gasteiger partial charge in [-0.25, -0.2) is 4.98 Å². The maximum Gasteiger partial charge on any atom is 0.225 e. The van der Waals surface area contributed by atoms with Crippen molar-refractivity contribution in [3.8, 4) is 0 Å². The molecule has 1 aliphatic carbocycles. The molecule has 1 heterocycles. The zero-order valence-corrected chi connectivity index (χ0v) is 14.1. The molecule has 0 unspecified atom stereocenters. The molecule has 0 aliphatic heterocycles. The normalized spacial score (nSPS) is 15.4. The van der Waals surface area contributed by atoms with Gasteiger partial charge in [-0.3, -0.25) is 0 Å². The Morgan fingerprint density at radius 3 is 2.52 bits per heavy atom. The third-order valence-corrected chi connectivity index (χ3v) is 4.44. The van der Waals surface area contributed by atoms with Crippen molar-refractivity contribution >= 4 is 17.5 Å². The molecule has 122 valence electrons. The first-order valence-corrected chi connectivity index (χ1v) is 8.71. The Bertz CT molecular complexity index is 621. The summed E-state index contributed by atoms with van der Waals surface area (Å²) in [5.74, 6) is 1.73. The maximum absolute atomic E-state index is 4.78. The summed E-state index contributed by atoms with van der Waals surface area (Å²) in [4.78, 5) is 11.6. The monoisotopic (exact) mass is 310 g/mol. The minimum atomic E-state index is 0.519. The lowest BCUT2D eigenvalue weighted by Crippen LogP contribution is -2.25. The Balaban J connectivity index is 1.84. The zero-order valence-electron chi connectivity index (χ0n) is 14.1. The minimum Gasteiger partial charge on any atom is -0.351 e. The summed E-state index contributed by atoms with van der Waals surface area (Å²) in [6.07, 6.45) is 6.42. The van der Waals surface area contributed by atoms with E-state index in [2.05, 4.69) is 52.5 Å². The maximum atomic E-state index is 4.78. The quantitative estimate of drug-likeness (QED) is 0.870. The first kappa shape index (κ1) is 15.8.